The molecule has 1 aromatic heterocycles. The van der Waals surface area contributed by atoms with Crippen LogP contribution in [0.15, 0.2) is 28.6 Å². The summed E-state index contributed by atoms with van der Waals surface area (Å²) in [6.07, 6.45) is 1.83. The van der Waals surface area contributed by atoms with Crippen molar-refractivity contribution in [2.75, 3.05) is 29.5 Å². The van der Waals surface area contributed by atoms with E-state index in [1.807, 2.05) is 13.8 Å². The highest BCUT2D eigenvalue weighted by Gasteiger charge is 2.10. The van der Waals surface area contributed by atoms with E-state index < -0.39 is 0 Å². The molecule has 0 aliphatic heterocycles. The van der Waals surface area contributed by atoms with E-state index in [9.17, 15) is 9.59 Å². The molecule has 1 heterocycles. The number of anilines is 2. The van der Waals surface area contributed by atoms with E-state index in [2.05, 4.69) is 20.8 Å². The van der Waals surface area contributed by atoms with Crippen LogP contribution in [0.4, 0.5) is 10.8 Å². The molecule has 0 radical (unpaired) electrons. The zero-order chi connectivity index (χ0) is 18.8. The summed E-state index contributed by atoms with van der Waals surface area (Å²) in [5.74, 6) is -0.255. The van der Waals surface area contributed by atoms with Crippen LogP contribution in [0.25, 0.3) is 0 Å². The van der Waals surface area contributed by atoms with Crippen LogP contribution < -0.4 is 10.6 Å². The Bertz CT molecular complexity index is 719. The van der Waals surface area contributed by atoms with Gasteiger partial charge >= 0.3 is 5.97 Å². The Kier molecular flexibility index (Phi) is 8.36. The number of esters is 1. The summed E-state index contributed by atoms with van der Waals surface area (Å²) < 4.78 is 5.89. The standard InChI is InChI=1S/C17H22N4O3S2/c1-3-5-10-24-15(23)12-6-8-13(9-7-12)19-14(22)11-25-17-21-20-16(26-17)18-4-2/h6-9H,3-5,10-11H2,1-2H3,(H,18,20)(H,19,22). The van der Waals surface area contributed by atoms with Crippen molar-refractivity contribution in [3.8, 4) is 0 Å². The third-order valence-electron chi connectivity index (χ3n) is 3.20. The monoisotopic (exact) mass is 394 g/mol. The number of hydrogen-bond donors (Lipinski definition) is 2. The molecule has 26 heavy (non-hydrogen) atoms. The summed E-state index contributed by atoms with van der Waals surface area (Å²) in [5, 5.41) is 14.6. The molecule has 2 aromatic rings. The highest BCUT2D eigenvalue weighted by Crippen LogP contribution is 2.25. The van der Waals surface area contributed by atoms with Crippen LogP contribution in [0.1, 0.15) is 37.0 Å². The minimum Gasteiger partial charge on any atom is -0.462 e. The number of rotatable bonds is 10. The molecule has 2 N–H and O–H groups in total. The number of nitrogens with one attached hydrogen (secondary N) is 2. The van der Waals surface area contributed by atoms with Gasteiger partial charge in [0.1, 0.15) is 0 Å². The number of ether oxygens (including phenoxy) is 1. The van der Waals surface area contributed by atoms with Gasteiger partial charge in [0.25, 0.3) is 0 Å². The Morgan fingerprint density at radius 3 is 2.65 bits per heavy atom. The van der Waals surface area contributed by atoms with Crippen molar-refractivity contribution in [3.63, 3.8) is 0 Å². The van der Waals surface area contributed by atoms with Crippen molar-refractivity contribution >= 4 is 45.8 Å². The van der Waals surface area contributed by atoms with Gasteiger partial charge in [0.2, 0.25) is 11.0 Å². The molecular weight excluding hydrogens is 372 g/mol. The molecule has 0 saturated heterocycles. The summed E-state index contributed by atoms with van der Waals surface area (Å²) in [6.45, 7) is 5.22. The van der Waals surface area contributed by atoms with Crippen LogP contribution in [-0.2, 0) is 9.53 Å². The zero-order valence-electron chi connectivity index (χ0n) is 14.8. The molecule has 140 valence electrons. The Hall–Kier alpha value is -2.13. The Balaban J connectivity index is 1.78. The van der Waals surface area contributed by atoms with E-state index in [4.69, 9.17) is 4.74 Å². The van der Waals surface area contributed by atoms with Crippen LogP contribution in [0, 0.1) is 0 Å². The maximum atomic E-state index is 12.0. The number of nitrogens with zero attached hydrogens (tertiary/aromatic N) is 2. The van der Waals surface area contributed by atoms with Gasteiger partial charge in [-0.3, -0.25) is 4.79 Å². The van der Waals surface area contributed by atoms with Gasteiger partial charge in [-0.05, 0) is 37.6 Å². The fourth-order valence-corrected chi connectivity index (χ4v) is 3.52. The van der Waals surface area contributed by atoms with Gasteiger partial charge in [-0.25, -0.2) is 4.79 Å². The molecular formula is C17H22N4O3S2. The highest BCUT2D eigenvalue weighted by molar-refractivity contribution is 8.01. The molecule has 7 nitrogen and oxygen atoms in total. The van der Waals surface area contributed by atoms with Crippen molar-refractivity contribution < 1.29 is 14.3 Å². The molecule has 2 rings (SSSR count). The molecule has 0 aliphatic rings. The molecule has 1 aromatic carbocycles. The maximum Gasteiger partial charge on any atom is 0.338 e. The zero-order valence-corrected chi connectivity index (χ0v) is 16.4. The predicted octanol–water partition coefficient (Wildman–Crippen LogP) is 3.66. The van der Waals surface area contributed by atoms with Crippen molar-refractivity contribution in [3.05, 3.63) is 29.8 Å². The molecule has 0 fully saturated rings. The number of benzene rings is 1. The third kappa shape index (κ3) is 6.64. The van der Waals surface area contributed by atoms with Crippen LogP contribution in [0.5, 0.6) is 0 Å². The normalized spacial score (nSPS) is 10.4. The summed E-state index contributed by atoms with van der Waals surface area (Å²) in [7, 11) is 0. The van der Waals surface area contributed by atoms with E-state index in [1.165, 1.54) is 23.1 Å². The van der Waals surface area contributed by atoms with Gasteiger partial charge < -0.3 is 15.4 Å². The first-order valence-electron chi connectivity index (χ1n) is 8.39. The Morgan fingerprint density at radius 2 is 1.96 bits per heavy atom. The van der Waals surface area contributed by atoms with Crippen molar-refractivity contribution in [1.82, 2.24) is 10.2 Å². The molecule has 1 amide bonds. The van der Waals surface area contributed by atoms with Gasteiger partial charge in [-0.2, -0.15) is 0 Å². The van der Waals surface area contributed by atoms with Gasteiger partial charge in [-0.1, -0.05) is 36.4 Å². The smallest absolute Gasteiger partial charge is 0.338 e. The quantitative estimate of drug-likeness (QED) is 0.361. The lowest BCUT2D eigenvalue weighted by Gasteiger charge is -2.06. The summed E-state index contributed by atoms with van der Waals surface area (Å²) in [5.41, 5.74) is 1.10. The first-order valence-corrected chi connectivity index (χ1v) is 10.2. The largest absolute Gasteiger partial charge is 0.462 e. The Morgan fingerprint density at radius 1 is 1.19 bits per heavy atom. The van der Waals surface area contributed by atoms with Gasteiger partial charge in [-0.15, -0.1) is 10.2 Å². The number of hydrogen-bond acceptors (Lipinski definition) is 8. The second-order valence-electron chi connectivity index (χ2n) is 5.31. The van der Waals surface area contributed by atoms with E-state index in [-0.39, 0.29) is 17.6 Å². The molecule has 0 aliphatic carbocycles. The first kappa shape index (κ1) is 20.2. The number of aromatic nitrogens is 2. The fourth-order valence-electron chi connectivity index (χ4n) is 1.90. The number of carbonyl (C=O) groups excluding carboxylic acids is 2. The number of unbranched alkanes of at least 4 members (excludes halogenated alkanes) is 1. The fraction of sp³-hybridized carbons (Fsp3) is 0.412. The van der Waals surface area contributed by atoms with Crippen LogP contribution in [0.2, 0.25) is 0 Å². The average molecular weight is 395 g/mol. The first-order chi connectivity index (χ1) is 12.6. The molecule has 0 bridgehead atoms. The highest BCUT2D eigenvalue weighted by atomic mass is 32.2. The molecule has 0 saturated carbocycles. The van der Waals surface area contributed by atoms with Crippen molar-refractivity contribution in [2.45, 2.75) is 31.0 Å². The molecule has 0 unspecified atom stereocenters. The number of amides is 1. The third-order valence-corrected chi connectivity index (χ3v) is 5.21. The van der Waals surface area contributed by atoms with Gasteiger partial charge in [0.05, 0.1) is 17.9 Å². The second kappa shape index (κ2) is 10.8. The lowest BCUT2D eigenvalue weighted by atomic mass is 10.2. The molecule has 0 atom stereocenters. The van der Waals surface area contributed by atoms with E-state index >= 15 is 0 Å². The number of thioether (sulfide) groups is 1. The van der Waals surface area contributed by atoms with Crippen LogP contribution >= 0.6 is 23.1 Å². The van der Waals surface area contributed by atoms with Crippen LogP contribution in [-0.4, -0.2) is 41.0 Å². The minimum atomic E-state index is -0.348. The van der Waals surface area contributed by atoms with Crippen LogP contribution in [0.3, 0.4) is 0 Å². The lowest BCUT2D eigenvalue weighted by molar-refractivity contribution is -0.113. The van der Waals surface area contributed by atoms with Crippen molar-refractivity contribution in [1.29, 1.82) is 0 Å². The summed E-state index contributed by atoms with van der Waals surface area (Å²) >= 11 is 2.75. The molecule has 0 spiro atoms. The van der Waals surface area contributed by atoms with E-state index in [1.54, 1.807) is 24.3 Å². The summed E-state index contributed by atoms with van der Waals surface area (Å²) in [6, 6.07) is 6.66. The van der Waals surface area contributed by atoms with Gasteiger partial charge in [0, 0.05) is 12.2 Å². The lowest BCUT2D eigenvalue weighted by Crippen LogP contribution is -2.14. The average Bonchev–Trinajstić information content (AvgIpc) is 3.09. The van der Waals surface area contributed by atoms with E-state index in [0.29, 0.717) is 17.9 Å². The van der Waals surface area contributed by atoms with Crippen molar-refractivity contribution in [2.24, 2.45) is 0 Å². The maximum absolute atomic E-state index is 12.0. The SMILES string of the molecule is CCCCOC(=O)c1ccc(NC(=O)CSc2nnc(NCC)s2)cc1. The topological polar surface area (TPSA) is 93.2 Å². The molecule has 9 heteroatoms. The number of carbonyl (C=O) groups is 2. The van der Waals surface area contributed by atoms with Gasteiger partial charge in [0.15, 0.2) is 4.34 Å². The second-order valence-corrected chi connectivity index (χ2v) is 7.51. The Labute approximate surface area is 160 Å². The summed E-state index contributed by atoms with van der Waals surface area (Å²) in [4.78, 5) is 23.9. The van der Waals surface area contributed by atoms with E-state index in [0.717, 1.165) is 28.9 Å². The minimum absolute atomic E-state index is 0.145. The predicted molar refractivity (Wildman–Crippen MR) is 105 cm³/mol.